The average molecular weight is 426 g/mol. The van der Waals surface area contributed by atoms with E-state index in [1.54, 1.807) is 24.3 Å². The highest BCUT2D eigenvalue weighted by atomic mass is 35.5. The van der Waals surface area contributed by atoms with Gasteiger partial charge < -0.3 is 15.4 Å². The number of rotatable bonds is 5. The Morgan fingerprint density at radius 3 is 2.64 bits per heavy atom. The molecule has 0 aromatic heterocycles. The molecule has 0 saturated carbocycles. The average Bonchev–Trinajstić information content (AvgIpc) is 2.65. The topological polar surface area (TPSA) is 93.5 Å². The molecule has 0 bridgehead atoms. The summed E-state index contributed by atoms with van der Waals surface area (Å²) in [4.78, 5) is 23.0. The van der Waals surface area contributed by atoms with E-state index in [4.69, 9.17) is 16.3 Å². The van der Waals surface area contributed by atoms with Gasteiger partial charge in [0.15, 0.2) is 0 Å². The monoisotopic (exact) mass is 425 g/mol. The Bertz CT molecular complexity index is 846. The number of carbonyl (C=O) groups excluding carboxylic acids is 1. The van der Waals surface area contributed by atoms with Crippen LogP contribution < -0.4 is 15.4 Å². The third-order valence-electron chi connectivity index (χ3n) is 4.56. The number of halogens is 2. The van der Waals surface area contributed by atoms with Crippen LogP contribution in [0.5, 0.6) is 11.5 Å². The summed E-state index contributed by atoms with van der Waals surface area (Å²) in [6.07, 6.45) is 0.897. The molecule has 2 N–H and O–H groups in total. The Hall–Kier alpha value is -2.35. The van der Waals surface area contributed by atoms with Crippen LogP contribution >= 0.6 is 24.0 Å². The van der Waals surface area contributed by atoms with Crippen molar-refractivity contribution in [1.82, 2.24) is 10.6 Å². The van der Waals surface area contributed by atoms with E-state index in [9.17, 15) is 14.9 Å². The molecule has 7 nitrogen and oxygen atoms in total. The van der Waals surface area contributed by atoms with Gasteiger partial charge in [-0.25, -0.2) is 0 Å². The molecule has 9 heteroatoms. The van der Waals surface area contributed by atoms with Gasteiger partial charge in [0.1, 0.15) is 5.75 Å². The van der Waals surface area contributed by atoms with Gasteiger partial charge in [-0.1, -0.05) is 18.5 Å². The predicted molar refractivity (Wildman–Crippen MR) is 110 cm³/mol. The largest absolute Gasteiger partial charge is 0.450 e. The van der Waals surface area contributed by atoms with Crippen molar-refractivity contribution in [2.24, 2.45) is 5.92 Å². The van der Waals surface area contributed by atoms with Crippen molar-refractivity contribution >= 4 is 35.6 Å². The highest BCUT2D eigenvalue weighted by Gasteiger charge is 2.23. The van der Waals surface area contributed by atoms with Gasteiger partial charge in [0.25, 0.3) is 5.91 Å². The van der Waals surface area contributed by atoms with Crippen LogP contribution in [0.3, 0.4) is 0 Å². The molecule has 150 valence electrons. The van der Waals surface area contributed by atoms with Gasteiger partial charge in [-0.2, -0.15) is 0 Å². The lowest BCUT2D eigenvalue weighted by molar-refractivity contribution is -0.385. The van der Waals surface area contributed by atoms with Gasteiger partial charge in [0.2, 0.25) is 5.75 Å². The van der Waals surface area contributed by atoms with Gasteiger partial charge in [-0.3, -0.25) is 14.9 Å². The Kier molecular flexibility index (Phi) is 7.62. The standard InChI is InChI=1S/C19H20ClN3O4.ClH/c1-12-11-21-9-8-16(12)22-19(24)13-2-5-15(6-3-13)27-18-7-4-14(20)10-17(18)23(25)26;/h2-7,10,12,16,21H,8-9,11H2,1H3,(H,22,24);1H. The molecule has 0 spiro atoms. The molecule has 1 amide bonds. The van der Waals surface area contributed by atoms with Crippen molar-refractivity contribution in [2.45, 2.75) is 19.4 Å². The van der Waals surface area contributed by atoms with Gasteiger partial charge in [-0.05, 0) is 61.8 Å². The summed E-state index contributed by atoms with van der Waals surface area (Å²) in [6.45, 7) is 3.88. The van der Waals surface area contributed by atoms with Crippen molar-refractivity contribution in [3.8, 4) is 11.5 Å². The summed E-state index contributed by atoms with van der Waals surface area (Å²) in [5.41, 5.74) is 0.294. The van der Waals surface area contributed by atoms with Crippen LogP contribution in [0.4, 0.5) is 5.69 Å². The molecule has 28 heavy (non-hydrogen) atoms. The minimum Gasteiger partial charge on any atom is -0.450 e. The molecule has 1 heterocycles. The third kappa shape index (κ3) is 5.34. The maximum absolute atomic E-state index is 12.4. The summed E-state index contributed by atoms with van der Waals surface area (Å²) in [6, 6.07) is 10.8. The van der Waals surface area contributed by atoms with E-state index in [0.29, 0.717) is 17.2 Å². The van der Waals surface area contributed by atoms with Crippen molar-refractivity contribution in [1.29, 1.82) is 0 Å². The highest BCUT2D eigenvalue weighted by Crippen LogP contribution is 2.33. The van der Waals surface area contributed by atoms with Crippen LogP contribution in [0.1, 0.15) is 23.7 Å². The fourth-order valence-corrected chi connectivity index (χ4v) is 3.17. The summed E-state index contributed by atoms with van der Waals surface area (Å²) < 4.78 is 5.59. The normalized spacial score (nSPS) is 18.6. The van der Waals surface area contributed by atoms with Gasteiger partial charge in [0.05, 0.1) is 4.92 Å². The zero-order chi connectivity index (χ0) is 19.4. The van der Waals surface area contributed by atoms with Crippen molar-refractivity contribution in [3.05, 3.63) is 63.2 Å². The zero-order valence-corrected chi connectivity index (χ0v) is 16.8. The number of carbonyl (C=O) groups is 1. The smallest absolute Gasteiger partial charge is 0.313 e. The van der Waals surface area contributed by atoms with Crippen molar-refractivity contribution in [2.75, 3.05) is 13.1 Å². The minimum atomic E-state index is -0.552. The lowest BCUT2D eigenvalue weighted by atomic mass is 9.95. The van der Waals surface area contributed by atoms with E-state index in [1.807, 2.05) is 0 Å². The number of nitrogens with one attached hydrogen (secondary N) is 2. The van der Waals surface area contributed by atoms with Crippen LogP contribution in [-0.2, 0) is 0 Å². The van der Waals surface area contributed by atoms with Crippen LogP contribution in [0.25, 0.3) is 0 Å². The van der Waals surface area contributed by atoms with Gasteiger partial charge in [-0.15, -0.1) is 12.4 Å². The Morgan fingerprint density at radius 1 is 1.29 bits per heavy atom. The van der Waals surface area contributed by atoms with Crippen molar-refractivity contribution < 1.29 is 14.5 Å². The molecule has 0 aliphatic carbocycles. The minimum absolute atomic E-state index is 0. The second-order valence-electron chi connectivity index (χ2n) is 6.55. The van der Waals surface area contributed by atoms with E-state index in [-0.39, 0.29) is 40.8 Å². The molecule has 1 aliphatic heterocycles. The number of piperidine rings is 1. The quantitative estimate of drug-likeness (QED) is 0.553. The van der Waals surface area contributed by atoms with E-state index in [1.165, 1.54) is 18.2 Å². The first kappa shape index (κ1) is 21.9. The summed E-state index contributed by atoms with van der Waals surface area (Å²) in [7, 11) is 0. The van der Waals surface area contributed by atoms with Crippen LogP contribution in [0, 0.1) is 16.0 Å². The number of ether oxygens (including phenoxy) is 1. The Morgan fingerprint density at radius 2 is 2.00 bits per heavy atom. The molecule has 0 radical (unpaired) electrons. The van der Waals surface area contributed by atoms with Crippen LogP contribution in [-0.4, -0.2) is 30.0 Å². The Labute approximate surface area is 174 Å². The maximum atomic E-state index is 12.4. The molecule has 1 fully saturated rings. The maximum Gasteiger partial charge on any atom is 0.313 e. The first-order chi connectivity index (χ1) is 12.9. The highest BCUT2D eigenvalue weighted by molar-refractivity contribution is 6.30. The molecule has 2 aromatic rings. The van der Waals surface area contributed by atoms with Gasteiger partial charge >= 0.3 is 5.69 Å². The summed E-state index contributed by atoms with van der Waals surface area (Å²) in [5, 5.41) is 17.8. The first-order valence-corrected chi connectivity index (χ1v) is 9.05. The van der Waals surface area contributed by atoms with Crippen molar-refractivity contribution in [3.63, 3.8) is 0 Å². The molecular weight excluding hydrogens is 405 g/mol. The lowest BCUT2D eigenvalue weighted by Gasteiger charge is -2.30. The lowest BCUT2D eigenvalue weighted by Crippen LogP contribution is -2.48. The first-order valence-electron chi connectivity index (χ1n) is 8.67. The van der Waals surface area contributed by atoms with Gasteiger partial charge in [0, 0.05) is 22.7 Å². The number of benzene rings is 2. The number of hydrogen-bond donors (Lipinski definition) is 2. The second kappa shape index (κ2) is 9.73. The number of nitro benzene ring substituents is 1. The third-order valence-corrected chi connectivity index (χ3v) is 4.80. The molecular formula is C19H21Cl2N3O4. The fourth-order valence-electron chi connectivity index (χ4n) is 3.00. The fraction of sp³-hybridized carbons (Fsp3) is 0.316. The SMILES string of the molecule is CC1CNCCC1NC(=O)c1ccc(Oc2ccc(Cl)cc2[N+](=O)[O-])cc1.Cl. The number of amides is 1. The van der Waals surface area contributed by atoms with E-state index >= 15 is 0 Å². The molecule has 2 atom stereocenters. The van der Waals surface area contributed by atoms with Crippen LogP contribution in [0.15, 0.2) is 42.5 Å². The number of nitro groups is 1. The number of nitrogens with zero attached hydrogens (tertiary/aromatic N) is 1. The molecule has 1 saturated heterocycles. The Balaban J connectivity index is 0.00000280. The summed E-state index contributed by atoms with van der Waals surface area (Å²) in [5.74, 6) is 0.714. The molecule has 3 rings (SSSR count). The predicted octanol–water partition coefficient (Wildman–Crippen LogP) is 4.19. The van der Waals surface area contributed by atoms with E-state index in [2.05, 4.69) is 17.6 Å². The zero-order valence-electron chi connectivity index (χ0n) is 15.2. The molecule has 2 aromatic carbocycles. The number of hydrogen-bond acceptors (Lipinski definition) is 5. The van der Waals surface area contributed by atoms with E-state index in [0.717, 1.165) is 19.5 Å². The van der Waals surface area contributed by atoms with E-state index < -0.39 is 4.92 Å². The molecule has 1 aliphatic rings. The second-order valence-corrected chi connectivity index (χ2v) is 6.98. The summed E-state index contributed by atoms with van der Waals surface area (Å²) >= 11 is 5.80. The van der Waals surface area contributed by atoms with Crippen LogP contribution in [0.2, 0.25) is 5.02 Å². The molecule has 2 unspecified atom stereocenters.